The van der Waals surface area contributed by atoms with Gasteiger partial charge < -0.3 is 10.1 Å². The van der Waals surface area contributed by atoms with Gasteiger partial charge in [-0.1, -0.05) is 0 Å². The molecule has 5 nitrogen and oxygen atoms in total. The average molecular weight is 198 g/mol. The Kier molecular flexibility index (Phi) is 4.55. The Morgan fingerprint density at radius 3 is 3.00 bits per heavy atom. The highest BCUT2D eigenvalue weighted by Gasteiger charge is 2.00. The molecule has 0 bridgehead atoms. The highest BCUT2D eigenvalue weighted by Crippen LogP contribution is 1.89. The van der Waals surface area contributed by atoms with Crippen LogP contribution in [-0.2, 0) is 18.2 Å². The van der Waals surface area contributed by atoms with Crippen LogP contribution in [0.1, 0.15) is 12.7 Å². The summed E-state index contributed by atoms with van der Waals surface area (Å²) >= 11 is 0. The van der Waals surface area contributed by atoms with E-state index in [9.17, 15) is 0 Å². The molecular formula is C9H18N4O. The molecule has 0 radical (unpaired) electrons. The summed E-state index contributed by atoms with van der Waals surface area (Å²) in [4.78, 5) is 4.13. The second-order valence-electron chi connectivity index (χ2n) is 3.33. The van der Waals surface area contributed by atoms with Crippen LogP contribution in [0.4, 0.5) is 0 Å². The van der Waals surface area contributed by atoms with Crippen LogP contribution in [0.15, 0.2) is 6.33 Å². The van der Waals surface area contributed by atoms with Crippen molar-refractivity contribution >= 4 is 0 Å². The fraction of sp³-hybridized carbons (Fsp3) is 0.778. The Hall–Kier alpha value is -0.940. The molecule has 0 aliphatic carbocycles. The van der Waals surface area contributed by atoms with Gasteiger partial charge in [-0.2, -0.15) is 5.10 Å². The molecule has 0 spiro atoms. The highest BCUT2D eigenvalue weighted by atomic mass is 16.5. The zero-order chi connectivity index (χ0) is 10.4. The first kappa shape index (κ1) is 11.1. The lowest BCUT2D eigenvalue weighted by molar-refractivity contribution is 0.117. The fourth-order valence-corrected chi connectivity index (χ4v) is 1.09. The van der Waals surface area contributed by atoms with Crippen molar-refractivity contribution in [3.63, 3.8) is 0 Å². The van der Waals surface area contributed by atoms with Crippen LogP contribution in [0.3, 0.4) is 0 Å². The summed E-state index contributed by atoms with van der Waals surface area (Å²) in [6, 6.07) is 0. The van der Waals surface area contributed by atoms with E-state index in [1.165, 1.54) is 0 Å². The monoisotopic (exact) mass is 198 g/mol. The molecule has 1 N–H and O–H groups in total. The van der Waals surface area contributed by atoms with E-state index >= 15 is 0 Å². The second kappa shape index (κ2) is 5.72. The lowest BCUT2D eigenvalue weighted by Crippen LogP contribution is -2.27. The molecule has 14 heavy (non-hydrogen) atoms. The maximum Gasteiger partial charge on any atom is 0.151 e. The summed E-state index contributed by atoms with van der Waals surface area (Å²) in [5.41, 5.74) is 0. The van der Waals surface area contributed by atoms with Gasteiger partial charge in [-0.05, 0) is 6.92 Å². The van der Waals surface area contributed by atoms with Gasteiger partial charge in [0.1, 0.15) is 6.33 Å². The highest BCUT2D eigenvalue weighted by molar-refractivity contribution is 4.81. The number of hydrogen-bond acceptors (Lipinski definition) is 4. The van der Waals surface area contributed by atoms with E-state index in [1.54, 1.807) is 18.1 Å². The number of hydrogen-bond donors (Lipinski definition) is 1. The van der Waals surface area contributed by atoms with Crippen LogP contribution >= 0.6 is 0 Å². The first-order chi connectivity index (χ1) is 6.72. The lowest BCUT2D eigenvalue weighted by atomic mass is 10.3. The molecule has 1 aromatic heterocycles. The Morgan fingerprint density at radius 1 is 1.64 bits per heavy atom. The summed E-state index contributed by atoms with van der Waals surface area (Å²) in [5.74, 6) is 0.880. The van der Waals surface area contributed by atoms with Crippen molar-refractivity contribution in [2.75, 3.05) is 20.2 Å². The van der Waals surface area contributed by atoms with Crippen LogP contribution in [0.5, 0.6) is 0 Å². The zero-order valence-corrected chi connectivity index (χ0v) is 9.03. The third-order valence-electron chi connectivity index (χ3n) is 2.01. The molecule has 0 aliphatic rings. The van der Waals surface area contributed by atoms with Crippen LogP contribution < -0.4 is 5.32 Å². The van der Waals surface area contributed by atoms with Crippen molar-refractivity contribution < 1.29 is 4.74 Å². The third kappa shape index (κ3) is 3.85. The summed E-state index contributed by atoms with van der Waals surface area (Å²) in [7, 11) is 3.59. The van der Waals surface area contributed by atoms with Crippen molar-refractivity contribution in [2.45, 2.75) is 19.4 Å². The molecule has 0 fully saturated rings. The van der Waals surface area contributed by atoms with Gasteiger partial charge in [0.2, 0.25) is 0 Å². The quantitative estimate of drug-likeness (QED) is 0.653. The Bertz CT molecular complexity index is 261. The maximum atomic E-state index is 5.11. The van der Waals surface area contributed by atoms with Crippen molar-refractivity contribution in [3.8, 4) is 0 Å². The van der Waals surface area contributed by atoms with E-state index in [4.69, 9.17) is 4.74 Å². The molecule has 0 saturated carbocycles. The lowest BCUT2D eigenvalue weighted by Gasteiger charge is -2.09. The van der Waals surface area contributed by atoms with E-state index in [0.717, 1.165) is 25.3 Å². The minimum atomic E-state index is 0.256. The maximum absolute atomic E-state index is 5.11. The molecule has 0 amide bonds. The van der Waals surface area contributed by atoms with E-state index in [1.807, 2.05) is 14.0 Å². The Balaban J connectivity index is 2.10. The number of rotatable bonds is 6. The van der Waals surface area contributed by atoms with Gasteiger partial charge in [-0.3, -0.25) is 4.68 Å². The molecule has 5 heteroatoms. The normalized spacial score (nSPS) is 13.1. The van der Waals surface area contributed by atoms with Gasteiger partial charge in [0.15, 0.2) is 5.82 Å². The van der Waals surface area contributed by atoms with Crippen LogP contribution in [0.25, 0.3) is 0 Å². The van der Waals surface area contributed by atoms with Gasteiger partial charge in [0.25, 0.3) is 0 Å². The molecule has 1 heterocycles. The van der Waals surface area contributed by atoms with Gasteiger partial charge in [0.05, 0.1) is 6.10 Å². The molecule has 0 saturated heterocycles. The van der Waals surface area contributed by atoms with Crippen molar-refractivity contribution in [1.29, 1.82) is 0 Å². The molecule has 1 aromatic rings. The second-order valence-corrected chi connectivity index (χ2v) is 3.33. The van der Waals surface area contributed by atoms with Crippen molar-refractivity contribution in [3.05, 3.63) is 12.2 Å². The van der Waals surface area contributed by atoms with Gasteiger partial charge >= 0.3 is 0 Å². The minimum Gasteiger partial charge on any atom is -0.380 e. The van der Waals surface area contributed by atoms with E-state index < -0.39 is 0 Å². The predicted octanol–water partition coefficient (Wildman–Crippen LogP) is -0.0179. The number of nitrogens with zero attached hydrogens (tertiary/aromatic N) is 3. The summed E-state index contributed by atoms with van der Waals surface area (Å²) < 4.78 is 6.82. The SMILES string of the molecule is COC(C)CNCCc1ncn(C)n1. The summed E-state index contributed by atoms with van der Waals surface area (Å²) in [5, 5.41) is 7.46. The Labute approximate surface area is 84.5 Å². The standard InChI is InChI=1S/C9H18N4O/c1-8(14-3)6-10-5-4-9-11-7-13(2)12-9/h7-8,10H,4-6H2,1-3H3. The van der Waals surface area contributed by atoms with Crippen LogP contribution in [0, 0.1) is 0 Å². The fourth-order valence-electron chi connectivity index (χ4n) is 1.09. The molecule has 1 atom stereocenters. The molecule has 1 rings (SSSR count). The average Bonchev–Trinajstić information content (AvgIpc) is 2.58. The number of ether oxygens (including phenoxy) is 1. The summed E-state index contributed by atoms with van der Waals surface area (Å²) in [6.07, 6.45) is 2.83. The third-order valence-corrected chi connectivity index (χ3v) is 2.01. The van der Waals surface area contributed by atoms with Crippen molar-refractivity contribution in [2.24, 2.45) is 7.05 Å². The molecule has 1 unspecified atom stereocenters. The predicted molar refractivity (Wildman–Crippen MR) is 54.0 cm³/mol. The molecule has 0 aliphatic heterocycles. The number of methoxy groups -OCH3 is 1. The Morgan fingerprint density at radius 2 is 2.43 bits per heavy atom. The van der Waals surface area contributed by atoms with Crippen LogP contribution in [-0.4, -0.2) is 41.1 Å². The first-order valence-electron chi connectivity index (χ1n) is 4.80. The molecule has 80 valence electrons. The van der Waals surface area contributed by atoms with E-state index in [2.05, 4.69) is 15.4 Å². The smallest absolute Gasteiger partial charge is 0.151 e. The van der Waals surface area contributed by atoms with Gasteiger partial charge in [-0.25, -0.2) is 4.98 Å². The first-order valence-corrected chi connectivity index (χ1v) is 4.80. The van der Waals surface area contributed by atoms with E-state index in [0.29, 0.717) is 0 Å². The molecular weight excluding hydrogens is 180 g/mol. The number of nitrogens with one attached hydrogen (secondary N) is 1. The van der Waals surface area contributed by atoms with Crippen LogP contribution in [0.2, 0.25) is 0 Å². The van der Waals surface area contributed by atoms with Crippen molar-refractivity contribution in [1.82, 2.24) is 20.1 Å². The molecule has 0 aromatic carbocycles. The van der Waals surface area contributed by atoms with Gasteiger partial charge in [0, 0.05) is 33.7 Å². The van der Waals surface area contributed by atoms with E-state index in [-0.39, 0.29) is 6.10 Å². The minimum absolute atomic E-state index is 0.256. The number of aryl methyl sites for hydroxylation is 1. The topological polar surface area (TPSA) is 52.0 Å². The summed E-state index contributed by atoms with van der Waals surface area (Å²) in [6.45, 7) is 3.78. The number of aromatic nitrogens is 3. The van der Waals surface area contributed by atoms with Gasteiger partial charge in [-0.15, -0.1) is 0 Å². The zero-order valence-electron chi connectivity index (χ0n) is 9.03. The largest absolute Gasteiger partial charge is 0.380 e.